The van der Waals surface area contributed by atoms with Crippen molar-refractivity contribution in [2.24, 2.45) is 0 Å². The van der Waals surface area contributed by atoms with Gasteiger partial charge in [-0.05, 0) is 44.9 Å². The molecule has 103 heavy (non-hydrogen) atoms. The summed E-state index contributed by atoms with van der Waals surface area (Å²) in [7, 11) is 5.96. The van der Waals surface area contributed by atoms with Gasteiger partial charge in [0.05, 0.1) is 40.3 Å². The van der Waals surface area contributed by atoms with E-state index >= 15 is 0 Å². The van der Waals surface area contributed by atoms with E-state index in [1.54, 1.807) is 0 Å². The Morgan fingerprint density at radius 2 is 0.524 bits per heavy atom. The summed E-state index contributed by atoms with van der Waals surface area (Å²) in [5.74, 6) is -2.24. The predicted octanol–water partition coefficient (Wildman–Crippen LogP) is 29.1. The van der Waals surface area contributed by atoms with Crippen molar-refractivity contribution in [2.45, 2.75) is 514 Å². The molecule has 0 rings (SSSR count). The number of likely N-dealkylation sites (N-methyl/N-ethyl adjacent to an activating group) is 1. The molecule has 2 unspecified atom stereocenters. The van der Waals surface area contributed by atoms with Crippen LogP contribution in [0.25, 0.3) is 0 Å². The van der Waals surface area contributed by atoms with Crippen LogP contribution in [-0.4, -0.2) is 82.3 Å². The van der Waals surface area contributed by atoms with Crippen LogP contribution in [0.5, 0.6) is 0 Å². The highest BCUT2D eigenvalue weighted by molar-refractivity contribution is 5.70. The SMILES string of the molecule is CCCCCCC/C=C\C/C=C\CCCCCCCCCCCCCCCCCCCCCCCCCCCCCCCC(=O)OC(COC(=O)CCCCCCCCCCCCCCCCCCCCCCCCCCCCCCCCCCCCCCC)COC(OCC[N+](C)(C)C)C(=O)[O-]. The van der Waals surface area contributed by atoms with Gasteiger partial charge in [-0.25, -0.2) is 0 Å². The van der Waals surface area contributed by atoms with E-state index in [-0.39, 0.29) is 32.2 Å². The minimum absolute atomic E-state index is 0.153. The Morgan fingerprint density at radius 3 is 0.767 bits per heavy atom. The zero-order chi connectivity index (χ0) is 74.6. The van der Waals surface area contributed by atoms with Crippen LogP contribution < -0.4 is 5.11 Å². The standard InChI is InChI=1S/C94H181NO8/c1-6-8-10-12-14-16-18-20-22-24-26-28-30-32-34-36-38-40-42-44-45-46-47-49-51-53-55-57-59-61-63-65-67-69-71-73-75-77-79-81-83-85-92(97)103-90(89-102-94(93(98)99)100-87-86-95(3,4)5)88-101-91(96)84-82-80-78-76-74-72-70-68-66-64-62-60-58-56-54-52-50-48-43-41-39-37-35-33-31-29-27-25-23-21-19-17-15-13-11-9-7-2/h18,20,24,26,90,94H,6-17,19,21-23,25,27-89H2,1-5H3/b20-18-,26-24-. The number of carboxylic acids is 1. The van der Waals surface area contributed by atoms with E-state index in [9.17, 15) is 19.5 Å². The largest absolute Gasteiger partial charge is 0.545 e. The van der Waals surface area contributed by atoms with Crippen molar-refractivity contribution < 1.29 is 42.9 Å². The molecule has 0 saturated heterocycles. The van der Waals surface area contributed by atoms with E-state index in [0.29, 0.717) is 17.4 Å². The molecular weight excluding hydrogens is 1270 g/mol. The van der Waals surface area contributed by atoms with Crippen LogP contribution in [-0.2, 0) is 33.3 Å². The van der Waals surface area contributed by atoms with Gasteiger partial charge in [0.1, 0.15) is 13.2 Å². The summed E-state index contributed by atoms with van der Waals surface area (Å²) in [6, 6.07) is 0. The molecule has 0 N–H and O–H groups in total. The number of carboxylic acid groups (broad SMARTS) is 1. The minimum Gasteiger partial charge on any atom is -0.545 e. The second-order valence-corrected chi connectivity index (χ2v) is 33.3. The third-order valence-corrected chi connectivity index (χ3v) is 21.7. The van der Waals surface area contributed by atoms with Crippen LogP contribution in [0.3, 0.4) is 0 Å². The topological polar surface area (TPSA) is 111 Å². The van der Waals surface area contributed by atoms with Gasteiger partial charge in [-0.15, -0.1) is 0 Å². The molecule has 0 fully saturated rings. The zero-order valence-electron chi connectivity index (χ0n) is 70.2. The lowest BCUT2D eigenvalue weighted by Gasteiger charge is -2.26. The minimum atomic E-state index is -1.62. The molecule has 0 aliphatic rings. The number of ether oxygens (including phenoxy) is 4. The van der Waals surface area contributed by atoms with E-state index < -0.39 is 24.3 Å². The van der Waals surface area contributed by atoms with Crippen LogP contribution in [0, 0.1) is 0 Å². The Labute approximate surface area is 643 Å². The maximum Gasteiger partial charge on any atom is 0.306 e. The van der Waals surface area contributed by atoms with Crippen LogP contribution >= 0.6 is 0 Å². The summed E-state index contributed by atoms with van der Waals surface area (Å²) in [5, 5.41) is 11.9. The van der Waals surface area contributed by atoms with Crippen molar-refractivity contribution in [3.63, 3.8) is 0 Å². The summed E-state index contributed by atoms with van der Waals surface area (Å²) < 4.78 is 22.9. The Hall–Kier alpha value is -2.23. The zero-order valence-corrected chi connectivity index (χ0v) is 70.2. The third-order valence-electron chi connectivity index (χ3n) is 21.7. The molecular formula is C94H181NO8. The fourth-order valence-corrected chi connectivity index (χ4v) is 14.6. The lowest BCUT2D eigenvalue weighted by molar-refractivity contribution is -0.870. The highest BCUT2D eigenvalue weighted by Crippen LogP contribution is 2.22. The Morgan fingerprint density at radius 1 is 0.291 bits per heavy atom. The number of rotatable bonds is 89. The van der Waals surface area contributed by atoms with Gasteiger partial charge in [-0.1, -0.05) is 468 Å². The van der Waals surface area contributed by atoms with E-state index in [1.807, 2.05) is 21.1 Å². The van der Waals surface area contributed by atoms with Crippen LogP contribution in [0.15, 0.2) is 24.3 Å². The average molecular weight is 1450 g/mol. The lowest BCUT2D eigenvalue weighted by Crippen LogP contribution is -2.44. The molecule has 0 bridgehead atoms. The highest BCUT2D eigenvalue weighted by atomic mass is 16.7. The third kappa shape index (κ3) is 86.9. The van der Waals surface area contributed by atoms with Crippen LogP contribution in [0.4, 0.5) is 0 Å². The van der Waals surface area contributed by atoms with Crippen LogP contribution in [0.1, 0.15) is 502 Å². The molecule has 9 nitrogen and oxygen atoms in total. The molecule has 0 aromatic heterocycles. The Kier molecular flexibility index (Phi) is 83.5. The van der Waals surface area contributed by atoms with Crippen molar-refractivity contribution in [3.8, 4) is 0 Å². The number of nitrogens with zero attached hydrogens (tertiary/aromatic N) is 1. The second-order valence-electron chi connectivity index (χ2n) is 33.3. The van der Waals surface area contributed by atoms with Crippen molar-refractivity contribution >= 4 is 17.9 Å². The molecule has 0 aliphatic heterocycles. The molecule has 610 valence electrons. The first kappa shape index (κ1) is 101. The number of carbonyl (C=O) groups excluding carboxylic acids is 3. The van der Waals surface area contributed by atoms with Crippen molar-refractivity contribution in [3.05, 3.63) is 24.3 Å². The maximum atomic E-state index is 13.0. The average Bonchev–Trinajstić information content (AvgIpc) is 1.01. The van der Waals surface area contributed by atoms with Crippen molar-refractivity contribution in [1.29, 1.82) is 0 Å². The number of hydrogen-bond donors (Lipinski definition) is 0. The summed E-state index contributed by atoms with van der Waals surface area (Å²) in [4.78, 5) is 37.7. The second kappa shape index (κ2) is 85.4. The van der Waals surface area contributed by atoms with Gasteiger partial charge < -0.3 is 33.3 Å². The normalized spacial score (nSPS) is 12.6. The van der Waals surface area contributed by atoms with Gasteiger partial charge in [0, 0.05) is 12.8 Å². The molecule has 0 radical (unpaired) electrons. The van der Waals surface area contributed by atoms with E-state index in [2.05, 4.69) is 38.2 Å². The fraction of sp³-hybridized carbons (Fsp3) is 0.926. The first-order valence-corrected chi connectivity index (χ1v) is 46.5. The summed E-state index contributed by atoms with van der Waals surface area (Å²) in [6.45, 7) is 4.84. The lowest BCUT2D eigenvalue weighted by atomic mass is 10.0. The van der Waals surface area contributed by atoms with Crippen molar-refractivity contribution in [2.75, 3.05) is 47.5 Å². The number of allylic oxidation sites excluding steroid dienone is 4. The van der Waals surface area contributed by atoms with Crippen molar-refractivity contribution in [1.82, 2.24) is 0 Å². The van der Waals surface area contributed by atoms with Gasteiger partial charge in [-0.3, -0.25) is 9.59 Å². The Bertz CT molecular complexity index is 1740. The maximum absolute atomic E-state index is 13.0. The fourth-order valence-electron chi connectivity index (χ4n) is 14.6. The molecule has 0 aromatic rings. The smallest absolute Gasteiger partial charge is 0.306 e. The number of aliphatic carboxylic acids is 1. The number of unbranched alkanes of at least 4 members (excludes halogenated alkanes) is 70. The first-order valence-electron chi connectivity index (χ1n) is 46.5. The molecule has 9 heteroatoms. The van der Waals surface area contributed by atoms with Gasteiger partial charge in [0.2, 0.25) is 0 Å². The summed E-state index contributed by atoms with van der Waals surface area (Å²) in [5.41, 5.74) is 0. The molecule has 0 aromatic carbocycles. The molecule has 0 spiro atoms. The highest BCUT2D eigenvalue weighted by Gasteiger charge is 2.22. The summed E-state index contributed by atoms with van der Waals surface area (Å²) in [6.07, 6.45) is 108. The van der Waals surface area contributed by atoms with Gasteiger partial charge in [0.25, 0.3) is 0 Å². The molecule has 0 amide bonds. The van der Waals surface area contributed by atoms with Gasteiger partial charge in [-0.2, -0.15) is 0 Å². The monoisotopic (exact) mass is 1450 g/mol. The molecule has 2 atom stereocenters. The van der Waals surface area contributed by atoms with Gasteiger partial charge in [0.15, 0.2) is 12.4 Å². The number of quaternary nitrogens is 1. The number of esters is 2. The number of hydrogen-bond acceptors (Lipinski definition) is 8. The first-order chi connectivity index (χ1) is 50.6. The molecule has 0 aliphatic carbocycles. The Balaban J connectivity index is 3.86. The molecule has 0 heterocycles. The quantitative estimate of drug-likeness (QED) is 0.0195. The van der Waals surface area contributed by atoms with Gasteiger partial charge >= 0.3 is 11.9 Å². The predicted molar refractivity (Wildman–Crippen MR) is 445 cm³/mol. The summed E-state index contributed by atoms with van der Waals surface area (Å²) >= 11 is 0. The molecule has 0 saturated carbocycles. The van der Waals surface area contributed by atoms with E-state index in [1.165, 1.54) is 430 Å². The van der Waals surface area contributed by atoms with Crippen LogP contribution in [0.2, 0.25) is 0 Å². The number of carbonyl (C=O) groups is 3. The van der Waals surface area contributed by atoms with E-state index in [0.717, 1.165) is 44.9 Å². The van der Waals surface area contributed by atoms with E-state index in [4.69, 9.17) is 18.9 Å².